The zero-order chi connectivity index (χ0) is 15.9. The predicted molar refractivity (Wildman–Crippen MR) is 86.1 cm³/mol. The molecule has 1 saturated heterocycles. The number of amides is 1. The molecule has 1 aliphatic heterocycles. The molecule has 1 spiro atoms. The highest BCUT2D eigenvalue weighted by Crippen LogP contribution is 2.56. The number of nitrogens with zero attached hydrogens (tertiary/aromatic N) is 4. The van der Waals surface area contributed by atoms with Gasteiger partial charge in [0.1, 0.15) is 11.3 Å². The van der Waals surface area contributed by atoms with Gasteiger partial charge < -0.3 is 9.42 Å². The molecule has 1 unspecified atom stereocenters. The third-order valence-electron chi connectivity index (χ3n) is 5.25. The number of likely N-dealkylation sites (tertiary alicyclic amines) is 1. The molecule has 1 atom stereocenters. The van der Waals surface area contributed by atoms with Crippen LogP contribution in [0.25, 0.3) is 0 Å². The molecular weight excluding hydrogens is 312 g/mol. The molecule has 6 nitrogen and oxygen atoms in total. The Morgan fingerprint density at radius 3 is 3.00 bits per heavy atom. The van der Waals surface area contributed by atoms with Gasteiger partial charge in [0.15, 0.2) is 5.69 Å². The average Bonchev–Trinajstić information content (AvgIpc) is 2.99. The minimum absolute atomic E-state index is 0.0121. The maximum atomic E-state index is 12.3. The van der Waals surface area contributed by atoms with Crippen LogP contribution in [0.3, 0.4) is 0 Å². The molecule has 0 N–H and O–H groups in total. The number of aromatic nitrogens is 2. The van der Waals surface area contributed by atoms with Gasteiger partial charge in [0.25, 0.3) is 5.91 Å². The lowest BCUT2D eigenvalue weighted by molar-refractivity contribution is 0.0647. The highest BCUT2D eigenvalue weighted by Gasteiger charge is 2.56. The van der Waals surface area contributed by atoms with E-state index in [1.165, 1.54) is 17.7 Å². The molecule has 2 fully saturated rings. The Morgan fingerprint density at radius 2 is 2.35 bits per heavy atom. The summed E-state index contributed by atoms with van der Waals surface area (Å²) in [4.78, 5) is 21.0. The SMILES string of the molecule is CN(Cc1nccs1)C1CC12CCN(C(=O)c1ccon1)CC2. The second-order valence-electron chi connectivity index (χ2n) is 6.60. The van der Waals surface area contributed by atoms with Crippen LogP contribution in [-0.2, 0) is 6.54 Å². The Bertz CT molecular complexity index is 662. The number of piperidine rings is 1. The third-order valence-corrected chi connectivity index (χ3v) is 6.01. The fraction of sp³-hybridized carbons (Fsp3) is 0.562. The summed E-state index contributed by atoms with van der Waals surface area (Å²) < 4.78 is 4.77. The molecule has 2 aromatic rings. The van der Waals surface area contributed by atoms with E-state index in [2.05, 4.69) is 22.1 Å². The number of carbonyl (C=O) groups is 1. The van der Waals surface area contributed by atoms with Crippen molar-refractivity contribution in [1.82, 2.24) is 19.9 Å². The van der Waals surface area contributed by atoms with Crippen LogP contribution in [0, 0.1) is 5.41 Å². The Hall–Kier alpha value is -1.73. The lowest BCUT2D eigenvalue weighted by Gasteiger charge is -2.33. The summed E-state index contributed by atoms with van der Waals surface area (Å²) in [5.74, 6) is -0.0121. The summed E-state index contributed by atoms with van der Waals surface area (Å²) in [5, 5.41) is 6.95. The minimum Gasteiger partial charge on any atom is -0.364 e. The highest BCUT2D eigenvalue weighted by atomic mass is 32.1. The van der Waals surface area contributed by atoms with Gasteiger partial charge in [-0.1, -0.05) is 5.16 Å². The molecule has 2 aliphatic rings. The second kappa shape index (κ2) is 5.72. The van der Waals surface area contributed by atoms with Gasteiger partial charge in [-0.25, -0.2) is 4.98 Å². The molecule has 7 heteroatoms. The summed E-state index contributed by atoms with van der Waals surface area (Å²) in [6.07, 6.45) is 6.70. The van der Waals surface area contributed by atoms with E-state index in [-0.39, 0.29) is 5.91 Å². The zero-order valence-electron chi connectivity index (χ0n) is 13.1. The Labute approximate surface area is 139 Å². The van der Waals surface area contributed by atoms with Gasteiger partial charge in [0, 0.05) is 36.8 Å². The molecule has 1 amide bonds. The van der Waals surface area contributed by atoms with E-state index < -0.39 is 0 Å². The van der Waals surface area contributed by atoms with Crippen molar-refractivity contribution in [2.75, 3.05) is 20.1 Å². The first-order valence-electron chi connectivity index (χ1n) is 7.96. The van der Waals surface area contributed by atoms with Crippen LogP contribution in [0.5, 0.6) is 0 Å². The van der Waals surface area contributed by atoms with Crippen molar-refractivity contribution in [3.8, 4) is 0 Å². The molecule has 0 radical (unpaired) electrons. The van der Waals surface area contributed by atoms with E-state index in [4.69, 9.17) is 4.52 Å². The average molecular weight is 332 g/mol. The second-order valence-corrected chi connectivity index (χ2v) is 7.58. The number of rotatable bonds is 4. The summed E-state index contributed by atoms with van der Waals surface area (Å²) in [6.45, 7) is 2.55. The normalized spacial score (nSPS) is 22.7. The predicted octanol–water partition coefficient (Wildman–Crippen LogP) is 2.26. The van der Waals surface area contributed by atoms with Crippen molar-refractivity contribution in [2.45, 2.75) is 31.8 Å². The first-order chi connectivity index (χ1) is 11.2. The minimum atomic E-state index is -0.0121. The van der Waals surface area contributed by atoms with E-state index in [0.717, 1.165) is 32.5 Å². The van der Waals surface area contributed by atoms with Crippen molar-refractivity contribution >= 4 is 17.2 Å². The smallest absolute Gasteiger partial charge is 0.276 e. The van der Waals surface area contributed by atoms with E-state index in [9.17, 15) is 4.79 Å². The van der Waals surface area contributed by atoms with Crippen LogP contribution in [-0.4, -0.2) is 52.0 Å². The van der Waals surface area contributed by atoms with E-state index in [1.54, 1.807) is 17.4 Å². The quantitative estimate of drug-likeness (QED) is 0.859. The number of hydrogen-bond donors (Lipinski definition) is 0. The fourth-order valence-corrected chi connectivity index (χ4v) is 4.46. The first kappa shape index (κ1) is 14.8. The fourth-order valence-electron chi connectivity index (χ4n) is 3.78. The van der Waals surface area contributed by atoms with E-state index in [1.807, 2.05) is 16.5 Å². The molecule has 1 aliphatic carbocycles. The summed E-state index contributed by atoms with van der Waals surface area (Å²) in [6, 6.07) is 2.25. The largest absolute Gasteiger partial charge is 0.364 e. The van der Waals surface area contributed by atoms with Gasteiger partial charge in [-0.3, -0.25) is 9.69 Å². The highest BCUT2D eigenvalue weighted by molar-refractivity contribution is 7.09. The van der Waals surface area contributed by atoms with Crippen molar-refractivity contribution in [3.05, 3.63) is 34.6 Å². The summed E-state index contributed by atoms with van der Waals surface area (Å²) >= 11 is 1.71. The monoisotopic (exact) mass is 332 g/mol. The number of hydrogen-bond acceptors (Lipinski definition) is 6. The topological polar surface area (TPSA) is 62.5 Å². The molecule has 2 aromatic heterocycles. The van der Waals surface area contributed by atoms with Crippen LogP contribution in [0.15, 0.2) is 28.4 Å². The summed E-state index contributed by atoms with van der Waals surface area (Å²) in [7, 11) is 2.19. The van der Waals surface area contributed by atoms with Gasteiger partial charge in [-0.2, -0.15) is 0 Å². The molecular formula is C16H20N4O2S. The first-order valence-corrected chi connectivity index (χ1v) is 8.84. The van der Waals surface area contributed by atoms with Gasteiger partial charge >= 0.3 is 0 Å². The maximum Gasteiger partial charge on any atom is 0.276 e. The molecule has 122 valence electrons. The molecule has 23 heavy (non-hydrogen) atoms. The Balaban J connectivity index is 1.32. The molecule has 3 heterocycles. The number of thiazole rings is 1. The standard InChI is InChI=1S/C16H20N4O2S/c1-19(11-14-17-5-9-23-14)13-10-16(13)3-6-20(7-4-16)15(21)12-2-8-22-18-12/h2,5,8-9,13H,3-4,6-7,10-11H2,1H3. The lowest BCUT2D eigenvalue weighted by atomic mass is 9.92. The maximum absolute atomic E-state index is 12.3. The van der Waals surface area contributed by atoms with Crippen molar-refractivity contribution in [3.63, 3.8) is 0 Å². The van der Waals surface area contributed by atoms with Gasteiger partial charge in [0.05, 0.1) is 6.54 Å². The Morgan fingerprint density at radius 1 is 1.52 bits per heavy atom. The van der Waals surface area contributed by atoms with Crippen molar-refractivity contribution < 1.29 is 9.32 Å². The summed E-state index contributed by atoms with van der Waals surface area (Å²) in [5.41, 5.74) is 0.807. The van der Waals surface area contributed by atoms with Gasteiger partial charge in [-0.15, -0.1) is 11.3 Å². The van der Waals surface area contributed by atoms with Crippen LogP contribution in [0.2, 0.25) is 0 Å². The Kier molecular flexibility index (Phi) is 3.69. The van der Waals surface area contributed by atoms with Crippen molar-refractivity contribution in [2.24, 2.45) is 5.41 Å². The van der Waals surface area contributed by atoms with Crippen LogP contribution in [0.1, 0.15) is 34.8 Å². The van der Waals surface area contributed by atoms with Gasteiger partial charge in [-0.05, 0) is 31.7 Å². The van der Waals surface area contributed by atoms with Crippen molar-refractivity contribution in [1.29, 1.82) is 0 Å². The molecule has 1 saturated carbocycles. The third kappa shape index (κ3) is 2.79. The van der Waals surface area contributed by atoms with E-state index >= 15 is 0 Å². The number of carbonyl (C=O) groups excluding carboxylic acids is 1. The van der Waals surface area contributed by atoms with Crippen LogP contribution < -0.4 is 0 Å². The van der Waals surface area contributed by atoms with Crippen LogP contribution in [0.4, 0.5) is 0 Å². The molecule has 0 bridgehead atoms. The zero-order valence-corrected chi connectivity index (χ0v) is 14.0. The van der Waals surface area contributed by atoms with Gasteiger partial charge in [0.2, 0.25) is 0 Å². The van der Waals surface area contributed by atoms with E-state index in [0.29, 0.717) is 17.2 Å². The lowest BCUT2D eigenvalue weighted by Crippen LogP contribution is -2.41. The molecule has 0 aromatic carbocycles. The molecule has 4 rings (SSSR count). The van der Waals surface area contributed by atoms with Crippen LogP contribution >= 0.6 is 11.3 Å².